The van der Waals surface area contributed by atoms with E-state index in [9.17, 15) is 13.2 Å². The normalized spacial score (nSPS) is 11.2. The van der Waals surface area contributed by atoms with Crippen molar-refractivity contribution in [2.24, 2.45) is 5.73 Å². The average Bonchev–Trinajstić information content (AvgIpc) is 2.40. The Morgan fingerprint density at radius 1 is 1.14 bits per heavy atom. The molecule has 0 aromatic heterocycles. The fourth-order valence-electron chi connectivity index (χ4n) is 1.65. The maximum Gasteiger partial charge on any atom is 0.416 e. The molecule has 21 heavy (non-hydrogen) atoms. The van der Waals surface area contributed by atoms with Gasteiger partial charge >= 0.3 is 6.18 Å². The van der Waals surface area contributed by atoms with Crippen LogP contribution in [0.4, 0.5) is 13.2 Å². The summed E-state index contributed by atoms with van der Waals surface area (Å²) in [6.07, 6.45) is -4.44. The molecule has 2 rings (SSSR count). The van der Waals surface area contributed by atoms with E-state index in [0.29, 0.717) is 10.6 Å². The molecule has 2 nitrogen and oxygen atoms in total. The van der Waals surface area contributed by atoms with Crippen molar-refractivity contribution in [3.05, 3.63) is 58.6 Å². The second kappa shape index (κ2) is 5.91. The lowest BCUT2D eigenvalue weighted by Gasteiger charge is -2.12. The number of alkyl halides is 3. The number of ether oxygens (including phenoxy) is 1. The monoisotopic (exact) mass is 331 g/mol. The number of benzene rings is 2. The summed E-state index contributed by atoms with van der Waals surface area (Å²) in [6, 6.07) is 9.05. The molecule has 0 heterocycles. The molecular formula is C14H9ClF3NOS. The van der Waals surface area contributed by atoms with Crippen molar-refractivity contribution in [2.75, 3.05) is 0 Å². The van der Waals surface area contributed by atoms with E-state index in [1.807, 2.05) is 0 Å². The van der Waals surface area contributed by atoms with Crippen molar-refractivity contribution in [3.8, 4) is 11.5 Å². The van der Waals surface area contributed by atoms with Crippen LogP contribution in [0.25, 0.3) is 0 Å². The van der Waals surface area contributed by atoms with Gasteiger partial charge in [0.1, 0.15) is 16.5 Å². The van der Waals surface area contributed by atoms with E-state index >= 15 is 0 Å². The third-order valence-corrected chi connectivity index (χ3v) is 3.05. The Morgan fingerprint density at radius 2 is 1.86 bits per heavy atom. The molecular weight excluding hydrogens is 323 g/mol. The molecule has 2 aromatic rings. The fourth-order valence-corrected chi connectivity index (χ4v) is 1.98. The standard InChI is InChI=1S/C14H9ClF3NOS/c15-9-4-5-12(11(7-9)13(19)21)20-10-3-1-2-8(6-10)14(16,17)18/h1-7H,(H2,19,21). The molecule has 0 aliphatic heterocycles. The zero-order valence-corrected chi connectivity index (χ0v) is 12.0. The van der Waals surface area contributed by atoms with E-state index < -0.39 is 11.7 Å². The maximum atomic E-state index is 12.7. The van der Waals surface area contributed by atoms with Crippen LogP contribution in [-0.2, 0) is 6.18 Å². The van der Waals surface area contributed by atoms with E-state index in [1.165, 1.54) is 30.3 Å². The van der Waals surface area contributed by atoms with Crippen LogP contribution in [0.15, 0.2) is 42.5 Å². The van der Waals surface area contributed by atoms with Crippen molar-refractivity contribution >= 4 is 28.8 Å². The first kappa shape index (κ1) is 15.6. The highest BCUT2D eigenvalue weighted by Crippen LogP contribution is 2.33. The molecule has 0 fully saturated rings. The first-order valence-corrected chi connectivity index (χ1v) is 6.50. The average molecular weight is 332 g/mol. The van der Waals surface area contributed by atoms with E-state index in [-0.39, 0.29) is 16.5 Å². The lowest BCUT2D eigenvalue weighted by atomic mass is 10.2. The Morgan fingerprint density at radius 3 is 2.48 bits per heavy atom. The van der Waals surface area contributed by atoms with Crippen LogP contribution in [-0.4, -0.2) is 4.99 Å². The first-order valence-electron chi connectivity index (χ1n) is 5.72. The minimum Gasteiger partial charge on any atom is -0.457 e. The Bertz CT molecular complexity index is 688. The number of nitrogens with two attached hydrogens (primary N) is 1. The Balaban J connectivity index is 2.37. The lowest BCUT2D eigenvalue weighted by molar-refractivity contribution is -0.137. The zero-order valence-electron chi connectivity index (χ0n) is 10.4. The molecule has 0 atom stereocenters. The number of hydrogen-bond acceptors (Lipinski definition) is 2. The molecule has 0 saturated heterocycles. The predicted molar refractivity (Wildman–Crippen MR) is 78.9 cm³/mol. The van der Waals surface area contributed by atoms with Crippen LogP contribution in [0.3, 0.4) is 0 Å². The van der Waals surface area contributed by atoms with Crippen molar-refractivity contribution < 1.29 is 17.9 Å². The second-order valence-electron chi connectivity index (χ2n) is 4.13. The third-order valence-electron chi connectivity index (χ3n) is 2.60. The minimum atomic E-state index is -4.44. The van der Waals surface area contributed by atoms with E-state index in [2.05, 4.69) is 0 Å². The smallest absolute Gasteiger partial charge is 0.416 e. The molecule has 0 bridgehead atoms. The molecule has 7 heteroatoms. The molecule has 0 saturated carbocycles. The topological polar surface area (TPSA) is 35.2 Å². The van der Waals surface area contributed by atoms with Gasteiger partial charge in [0.05, 0.1) is 11.1 Å². The molecule has 0 radical (unpaired) electrons. The Kier molecular flexibility index (Phi) is 4.39. The SMILES string of the molecule is NC(=S)c1cc(Cl)ccc1Oc1cccc(C(F)(F)F)c1. The van der Waals surface area contributed by atoms with Crippen molar-refractivity contribution in [2.45, 2.75) is 6.18 Å². The summed E-state index contributed by atoms with van der Waals surface area (Å²) >= 11 is 10.7. The van der Waals surface area contributed by atoms with E-state index in [1.54, 1.807) is 0 Å². The fraction of sp³-hybridized carbons (Fsp3) is 0.0714. The van der Waals surface area contributed by atoms with Crippen molar-refractivity contribution in [3.63, 3.8) is 0 Å². The highest BCUT2D eigenvalue weighted by Gasteiger charge is 2.30. The van der Waals surface area contributed by atoms with Gasteiger partial charge in [0.25, 0.3) is 0 Å². The minimum absolute atomic E-state index is 0.0321. The van der Waals surface area contributed by atoms with Gasteiger partial charge in [-0.3, -0.25) is 0 Å². The predicted octanol–water partition coefficient (Wildman–Crippen LogP) is 4.79. The summed E-state index contributed by atoms with van der Waals surface area (Å²) in [5, 5.41) is 0.397. The summed E-state index contributed by atoms with van der Waals surface area (Å²) < 4.78 is 43.4. The van der Waals surface area contributed by atoms with Gasteiger partial charge in [-0.1, -0.05) is 29.9 Å². The number of halogens is 4. The molecule has 0 spiro atoms. The van der Waals surface area contributed by atoms with Gasteiger partial charge in [0, 0.05) is 5.02 Å². The molecule has 0 amide bonds. The van der Waals surface area contributed by atoms with Gasteiger partial charge in [-0.05, 0) is 36.4 Å². The van der Waals surface area contributed by atoms with Crippen LogP contribution in [0.1, 0.15) is 11.1 Å². The van der Waals surface area contributed by atoms with Crippen LogP contribution >= 0.6 is 23.8 Å². The highest BCUT2D eigenvalue weighted by atomic mass is 35.5. The molecule has 0 unspecified atom stereocenters. The second-order valence-corrected chi connectivity index (χ2v) is 5.01. The Hall–Kier alpha value is -1.79. The summed E-state index contributed by atoms with van der Waals surface area (Å²) in [4.78, 5) is 0.0412. The lowest BCUT2D eigenvalue weighted by Crippen LogP contribution is -2.11. The number of hydrogen-bond donors (Lipinski definition) is 1. The van der Waals surface area contributed by atoms with Crippen molar-refractivity contribution in [1.29, 1.82) is 0 Å². The molecule has 2 aromatic carbocycles. The quantitative estimate of drug-likeness (QED) is 0.822. The summed E-state index contributed by atoms with van der Waals surface area (Å²) in [7, 11) is 0. The van der Waals surface area contributed by atoms with Crippen LogP contribution < -0.4 is 10.5 Å². The van der Waals surface area contributed by atoms with Crippen LogP contribution in [0.2, 0.25) is 5.02 Å². The molecule has 0 aliphatic rings. The van der Waals surface area contributed by atoms with E-state index in [4.69, 9.17) is 34.3 Å². The molecule has 2 N–H and O–H groups in total. The first-order chi connectivity index (χ1) is 9.77. The zero-order chi connectivity index (χ0) is 15.6. The van der Waals surface area contributed by atoms with Gasteiger partial charge in [0.2, 0.25) is 0 Å². The van der Waals surface area contributed by atoms with Crippen molar-refractivity contribution in [1.82, 2.24) is 0 Å². The maximum absolute atomic E-state index is 12.7. The van der Waals surface area contributed by atoms with Crippen LogP contribution in [0.5, 0.6) is 11.5 Å². The Labute approximate surface area is 129 Å². The summed E-state index contributed by atoms with van der Waals surface area (Å²) in [5.74, 6) is 0.274. The van der Waals surface area contributed by atoms with Gasteiger partial charge < -0.3 is 10.5 Å². The molecule has 110 valence electrons. The summed E-state index contributed by atoms with van der Waals surface area (Å²) in [5.41, 5.74) is 5.11. The largest absolute Gasteiger partial charge is 0.457 e. The number of rotatable bonds is 3. The van der Waals surface area contributed by atoms with Gasteiger partial charge in [-0.15, -0.1) is 0 Å². The van der Waals surface area contributed by atoms with Gasteiger partial charge in [-0.25, -0.2) is 0 Å². The summed E-state index contributed by atoms with van der Waals surface area (Å²) in [6.45, 7) is 0. The highest BCUT2D eigenvalue weighted by molar-refractivity contribution is 7.80. The van der Waals surface area contributed by atoms with Gasteiger partial charge in [0.15, 0.2) is 0 Å². The van der Waals surface area contributed by atoms with Crippen LogP contribution in [0, 0.1) is 0 Å². The third kappa shape index (κ3) is 3.86. The van der Waals surface area contributed by atoms with E-state index in [0.717, 1.165) is 12.1 Å². The van der Waals surface area contributed by atoms with Gasteiger partial charge in [-0.2, -0.15) is 13.2 Å². The number of thiocarbonyl (C=S) groups is 1. The molecule has 0 aliphatic carbocycles.